The summed E-state index contributed by atoms with van der Waals surface area (Å²) in [6.07, 6.45) is 5.93. The predicted octanol–water partition coefficient (Wildman–Crippen LogP) is 1.36. The Morgan fingerprint density at radius 3 is 2.45 bits per heavy atom. The van der Waals surface area contributed by atoms with Crippen LogP contribution in [0.1, 0.15) is 43.4 Å². The minimum atomic E-state index is -1.50. The molecule has 1 aromatic carbocycles. The second-order valence-corrected chi connectivity index (χ2v) is 10.8. The molecule has 0 amide bonds. The molecule has 6 rings (SSSR count). The van der Waals surface area contributed by atoms with Crippen molar-refractivity contribution in [3.05, 3.63) is 52.7 Å². The summed E-state index contributed by atoms with van der Waals surface area (Å²) in [5.74, 6) is 0.838. The zero-order valence-corrected chi connectivity index (χ0v) is 21.4. The van der Waals surface area contributed by atoms with Crippen LogP contribution in [0.4, 0.5) is 0 Å². The van der Waals surface area contributed by atoms with E-state index in [9.17, 15) is 9.90 Å². The molecule has 1 aromatic heterocycles. The summed E-state index contributed by atoms with van der Waals surface area (Å²) in [4.78, 5) is 14.2. The summed E-state index contributed by atoms with van der Waals surface area (Å²) < 4.78 is 13.1. The summed E-state index contributed by atoms with van der Waals surface area (Å²) in [6, 6.07) is 13.7. The molecule has 33 heavy (non-hydrogen) atoms. The second kappa shape index (κ2) is 10.5. The molecule has 1 aliphatic carbocycles. The number of benzene rings is 1. The predicted molar refractivity (Wildman–Crippen MR) is 124 cm³/mol. The molecule has 4 aliphatic rings. The number of nitrogens with zero attached hydrogens (tertiary/aromatic N) is 1. The topological polar surface area (TPSA) is 55.8 Å². The molecule has 1 N–H and O–H groups in total. The quantitative estimate of drug-likeness (QED) is 0.409. The molecular weight excluding hydrogens is 502 g/mol. The highest BCUT2D eigenvalue weighted by Gasteiger charge is 2.53. The van der Waals surface area contributed by atoms with Crippen molar-refractivity contribution >= 4 is 17.3 Å². The van der Waals surface area contributed by atoms with Gasteiger partial charge in [-0.2, -0.15) is 0 Å². The van der Waals surface area contributed by atoms with Gasteiger partial charge in [-0.1, -0.05) is 37.1 Å². The highest BCUT2D eigenvalue weighted by molar-refractivity contribution is 7.10. The van der Waals surface area contributed by atoms with Crippen molar-refractivity contribution in [2.24, 2.45) is 11.8 Å². The van der Waals surface area contributed by atoms with Crippen molar-refractivity contribution in [2.75, 3.05) is 32.8 Å². The summed E-state index contributed by atoms with van der Waals surface area (Å²) in [7, 11) is 0. The molecule has 3 aliphatic heterocycles. The van der Waals surface area contributed by atoms with Crippen LogP contribution in [0.5, 0.6) is 5.75 Å². The first-order valence-corrected chi connectivity index (χ1v) is 13.0. The summed E-state index contributed by atoms with van der Waals surface area (Å²) in [5, 5.41) is 13.6. The summed E-state index contributed by atoms with van der Waals surface area (Å²) in [5.41, 5.74) is -1.50. The van der Waals surface area contributed by atoms with Crippen molar-refractivity contribution in [3.63, 3.8) is 0 Å². The van der Waals surface area contributed by atoms with E-state index in [0.717, 1.165) is 79.8 Å². The molecule has 5 nitrogen and oxygen atoms in total. The number of aliphatic hydroxyl groups is 1. The van der Waals surface area contributed by atoms with E-state index in [0.29, 0.717) is 12.5 Å². The van der Waals surface area contributed by atoms with Crippen molar-refractivity contribution in [2.45, 2.75) is 50.2 Å². The molecular formula is C26H34BrNO4S. The van der Waals surface area contributed by atoms with Gasteiger partial charge >= 0.3 is 5.97 Å². The van der Waals surface area contributed by atoms with Gasteiger partial charge in [-0.15, -0.1) is 11.3 Å². The molecule has 0 spiro atoms. The Hall–Kier alpha value is -1.41. The Bertz CT molecular complexity index is 894. The highest BCUT2D eigenvalue weighted by atomic mass is 79.9. The van der Waals surface area contributed by atoms with E-state index < -0.39 is 11.6 Å². The molecule has 4 heterocycles. The first kappa shape index (κ1) is 24.7. The van der Waals surface area contributed by atoms with Crippen LogP contribution >= 0.6 is 11.3 Å². The lowest BCUT2D eigenvalue weighted by Crippen LogP contribution is -3.00. The van der Waals surface area contributed by atoms with E-state index in [2.05, 4.69) is 0 Å². The average molecular weight is 537 g/mol. The Morgan fingerprint density at radius 2 is 1.79 bits per heavy atom. The Balaban J connectivity index is 0.00000259. The number of thiophene rings is 1. The smallest absolute Gasteiger partial charge is 0.344 e. The van der Waals surface area contributed by atoms with Crippen LogP contribution in [0.25, 0.3) is 0 Å². The maximum atomic E-state index is 13.5. The van der Waals surface area contributed by atoms with Gasteiger partial charge in [0.15, 0.2) is 11.7 Å². The summed E-state index contributed by atoms with van der Waals surface area (Å²) >= 11 is 1.46. The number of fused-ring (bicyclic) bond motifs is 3. The lowest BCUT2D eigenvalue weighted by atomic mass is 9.82. The lowest BCUT2D eigenvalue weighted by Gasteiger charge is -2.52. The molecule has 2 aromatic rings. The molecule has 2 atom stereocenters. The zero-order chi connectivity index (χ0) is 22.0. The number of para-hydroxylation sites is 1. The van der Waals surface area contributed by atoms with Crippen LogP contribution in [0.2, 0.25) is 0 Å². The van der Waals surface area contributed by atoms with E-state index in [-0.39, 0.29) is 29.0 Å². The molecule has 1 unspecified atom stereocenters. The molecule has 3 saturated heterocycles. The Labute approximate surface area is 211 Å². The fraction of sp³-hybridized carbons (Fsp3) is 0.577. The number of carbonyl (C=O) groups excluding carboxylic acids is 1. The molecule has 7 heteroatoms. The monoisotopic (exact) mass is 535 g/mol. The van der Waals surface area contributed by atoms with E-state index >= 15 is 0 Å². The Morgan fingerprint density at radius 1 is 1.06 bits per heavy atom. The number of halogens is 1. The molecule has 180 valence electrons. The van der Waals surface area contributed by atoms with Gasteiger partial charge in [0.25, 0.3) is 0 Å². The van der Waals surface area contributed by atoms with Crippen LogP contribution in [-0.2, 0) is 15.1 Å². The average Bonchev–Trinajstić information content (AvgIpc) is 3.55. The van der Waals surface area contributed by atoms with Gasteiger partial charge in [-0.3, -0.25) is 0 Å². The van der Waals surface area contributed by atoms with Crippen LogP contribution in [0.3, 0.4) is 0 Å². The van der Waals surface area contributed by atoms with Crippen LogP contribution in [0.15, 0.2) is 47.8 Å². The third kappa shape index (κ3) is 5.02. The zero-order valence-electron chi connectivity index (χ0n) is 19.0. The lowest BCUT2D eigenvalue weighted by molar-refractivity contribution is -0.946. The SMILES string of the molecule is O=C(OC1C[N+]2(CCOc3ccccc3)CCC1CC2)[C@](O)(c1cccs1)C1CCCC1.[Br-]. The maximum Gasteiger partial charge on any atom is 0.344 e. The number of hydrogen-bond donors (Lipinski definition) is 1. The van der Waals surface area contributed by atoms with Gasteiger partial charge in [0.1, 0.15) is 25.4 Å². The largest absolute Gasteiger partial charge is 1.00 e. The van der Waals surface area contributed by atoms with Crippen molar-refractivity contribution in [3.8, 4) is 5.75 Å². The van der Waals surface area contributed by atoms with Gasteiger partial charge in [-0.25, -0.2) is 4.79 Å². The first-order valence-electron chi connectivity index (χ1n) is 12.1. The van der Waals surface area contributed by atoms with Gasteiger partial charge in [-0.05, 0) is 36.4 Å². The normalized spacial score (nSPS) is 28.6. The maximum absolute atomic E-state index is 13.5. The van der Waals surface area contributed by atoms with Crippen molar-refractivity contribution in [1.82, 2.24) is 0 Å². The minimum Gasteiger partial charge on any atom is -1.00 e. The molecule has 1 saturated carbocycles. The molecule has 2 bridgehead atoms. The van der Waals surface area contributed by atoms with E-state index in [1.165, 1.54) is 11.3 Å². The van der Waals surface area contributed by atoms with E-state index in [1.54, 1.807) is 0 Å². The van der Waals surface area contributed by atoms with Crippen molar-refractivity contribution < 1.29 is 40.8 Å². The number of quaternary nitrogens is 1. The molecule has 4 fully saturated rings. The number of hydrogen-bond acceptors (Lipinski definition) is 5. The Kier molecular flexibility index (Phi) is 7.83. The van der Waals surface area contributed by atoms with Gasteiger partial charge in [0.2, 0.25) is 0 Å². The standard InChI is InChI=1S/C26H34NO4S.BrH/c28-25(26(29,21-7-4-5-8-21)24-11-6-18-32-24)31-23-19-27(14-12-20(23)13-15-27)16-17-30-22-9-2-1-3-10-22;/h1-3,6,9-11,18,20-21,23,29H,4-5,7-8,12-17,19H2;1H/q+1;/p-1/t20?,23?,26-,27?;/m1./s1. The van der Waals surface area contributed by atoms with Crippen molar-refractivity contribution in [1.29, 1.82) is 0 Å². The first-order chi connectivity index (χ1) is 15.6. The van der Waals surface area contributed by atoms with Gasteiger partial charge in [0.05, 0.1) is 13.1 Å². The number of piperidine rings is 3. The second-order valence-electron chi connectivity index (χ2n) is 9.86. The fourth-order valence-corrected chi connectivity index (χ4v) is 6.97. The number of carbonyl (C=O) groups is 1. The fourth-order valence-electron chi connectivity index (χ4n) is 6.08. The van der Waals surface area contributed by atoms with Crippen LogP contribution < -0.4 is 21.7 Å². The van der Waals surface area contributed by atoms with Gasteiger partial charge < -0.3 is 36.0 Å². The van der Waals surface area contributed by atoms with Gasteiger partial charge in [0, 0.05) is 29.6 Å². The minimum absolute atomic E-state index is 0. The van der Waals surface area contributed by atoms with E-state index in [4.69, 9.17) is 9.47 Å². The number of esters is 1. The number of rotatable bonds is 8. The van der Waals surface area contributed by atoms with Crippen LogP contribution in [0, 0.1) is 11.8 Å². The van der Waals surface area contributed by atoms with Crippen LogP contribution in [-0.4, -0.2) is 54.4 Å². The highest BCUT2D eigenvalue weighted by Crippen LogP contribution is 2.44. The third-order valence-corrected chi connectivity index (χ3v) is 9.03. The number of ether oxygens (including phenoxy) is 2. The third-order valence-electron chi connectivity index (χ3n) is 8.03. The molecule has 0 radical (unpaired) electrons. The summed E-state index contributed by atoms with van der Waals surface area (Å²) in [6.45, 7) is 4.66. The van der Waals surface area contributed by atoms with E-state index in [1.807, 2.05) is 47.8 Å².